The summed E-state index contributed by atoms with van der Waals surface area (Å²) < 4.78 is 40.8. The van der Waals surface area contributed by atoms with Crippen LogP contribution < -0.4 is 10.6 Å². The maximum atomic E-state index is 13.6. The van der Waals surface area contributed by atoms with Crippen molar-refractivity contribution in [2.45, 2.75) is 6.54 Å². The number of rotatable bonds is 5. The number of anilines is 3. The molecular weight excluding hydrogens is 319 g/mol. The Balaban J connectivity index is 1.74. The van der Waals surface area contributed by atoms with Crippen LogP contribution in [0.25, 0.3) is 0 Å². The van der Waals surface area contributed by atoms with Crippen LogP contribution in [0.15, 0.2) is 48.7 Å². The number of hydrogen-bond donors (Lipinski definition) is 2. The zero-order valence-electron chi connectivity index (χ0n) is 12.3. The molecule has 0 aliphatic rings. The zero-order valence-corrected chi connectivity index (χ0v) is 12.3. The van der Waals surface area contributed by atoms with E-state index in [0.29, 0.717) is 5.56 Å². The van der Waals surface area contributed by atoms with Crippen molar-refractivity contribution in [1.82, 2.24) is 15.2 Å². The minimum Gasteiger partial charge on any atom is -0.349 e. The molecule has 2 N–H and O–H groups in total. The van der Waals surface area contributed by atoms with Crippen molar-refractivity contribution < 1.29 is 13.2 Å². The van der Waals surface area contributed by atoms with Crippen LogP contribution in [0.5, 0.6) is 0 Å². The maximum Gasteiger partial charge on any atom is 0.244 e. The summed E-state index contributed by atoms with van der Waals surface area (Å²) in [5.74, 6) is -1.67. The Bertz CT molecular complexity index is 836. The van der Waals surface area contributed by atoms with Crippen LogP contribution in [0.3, 0.4) is 0 Å². The number of aromatic nitrogens is 3. The molecule has 0 aliphatic heterocycles. The Morgan fingerprint density at radius 3 is 2.33 bits per heavy atom. The van der Waals surface area contributed by atoms with Gasteiger partial charge < -0.3 is 10.6 Å². The molecule has 3 aromatic rings. The number of halogens is 3. The van der Waals surface area contributed by atoms with Crippen molar-refractivity contribution in [3.63, 3.8) is 0 Å². The van der Waals surface area contributed by atoms with Gasteiger partial charge in [-0.15, -0.1) is 5.10 Å². The smallest absolute Gasteiger partial charge is 0.244 e. The summed E-state index contributed by atoms with van der Waals surface area (Å²) in [4.78, 5) is 4.04. The maximum absolute atomic E-state index is 13.6. The third-order valence-corrected chi connectivity index (χ3v) is 3.17. The summed E-state index contributed by atoms with van der Waals surface area (Å²) in [6, 6.07) is 9.76. The van der Waals surface area contributed by atoms with E-state index >= 15 is 0 Å². The van der Waals surface area contributed by atoms with Gasteiger partial charge in [-0.25, -0.2) is 13.2 Å². The van der Waals surface area contributed by atoms with Gasteiger partial charge in [-0.3, -0.25) is 0 Å². The quantitative estimate of drug-likeness (QED) is 0.747. The van der Waals surface area contributed by atoms with Crippen molar-refractivity contribution in [2.24, 2.45) is 0 Å². The Morgan fingerprint density at radius 1 is 0.875 bits per heavy atom. The van der Waals surface area contributed by atoms with Crippen LogP contribution in [0, 0.1) is 17.5 Å². The topological polar surface area (TPSA) is 62.7 Å². The van der Waals surface area contributed by atoms with Crippen molar-refractivity contribution >= 4 is 17.5 Å². The van der Waals surface area contributed by atoms with Gasteiger partial charge in [0.25, 0.3) is 0 Å². The fourth-order valence-electron chi connectivity index (χ4n) is 2.00. The summed E-state index contributed by atoms with van der Waals surface area (Å²) in [5, 5.41) is 12.8. The average molecular weight is 331 g/mol. The van der Waals surface area contributed by atoms with E-state index in [1.165, 1.54) is 18.3 Å². The van der Waals surface area contributed by atoms with E-state index in [4.69, 9.17) is 0 Å². The standard InChI is InChI=1S/C16H12F3N5/c17-11-5-2-1-4-10(11)8-20-16-23-14(9-21-24-16)22-15-12(18)6-3-7-13(15)19/h1-7,9H,8H2,(H2,20,22,23,24). The number of hydrogen-bond acceptors (Lipinski definition) is 5. The molecule has 1 heterocycles. The zero-order chi connectivity index (χ0) is 16.9. The summed E-state index contributed by atoms with van der Waals surface area (Å²) in [5.41, 5.74) is 0.0951. The molecule has 0 aliphatic carbocycles. The molecule has 24 heavy (non-hydrogen) atoms. The largest absolute Gasteiger partial charge is 0.349 e. The second-order valence-electron chi connectivity index (χ2n) is 4.83. The van der Waals surface area contributed by atoms with E-state index < -0.39 is 11.6 Å². The monoisotopic (exact) mass is 331 g/mol. The summed E-state index contributed by atoms with van der Waals surface area (Å²) in [6.45, 7) is 0.145. The number of benzene rings is 2. The highest BCUT2D eigenvalue weighted by molar-refractivity contribution is 5.57. The van der Waals surface area contributed by atoms with Gasteiger partial charge in [-0.05, 0) is 18.2 Å². The summed E-state index contributed by atoms with van der Waals surface area (Å²) in [6.07, 6.45) is 1.22. The van der Waals surface area contributed by atoms with E-state index in [0.717, 1.165) is 12.1 Å². The number of para-hydroxylation sites is 1. The first-order chi connectivity index (χ1) is 11.6. The first-order valence-electron chi connectivity index (χ1n) is 7.01. The van der Waals surface area contributed by atoms with Crippen LogP contribution in [-0.4, -0.2) is 15.2 Å². The van der Waals surface area contributed by atoms with Gasteiger partial charge in [0.05, 0.1) is 6.20 Å². The fourth-order valence-corrected chi connectivity index (χ4v) is 2.00. The van der Waals surface area contributed by atoms with Gasteiger partial charge in [0.1, 0.15) is 23.1 Å². The molecule has 0 saturated carbocycles. The van der Waals surface area contributed by atoms with E-state index in [-0.39, 0.29) is 29.8 Å². The van der Waals surface area contributed by atoms with Crippen LogP contribution in [0.4, 0.5) is 30.6 Å². The lowest BCUT2D eigenvalue weighted by Crippen LogP contribution is -2.08. The molecule has 2 aromatic carbocycles. The third-order valence-electron chi connectivity index (χ3n) is 3.17. The first-order valence-corrected chi connectivity index (χ1v) is 7.01. The molecule has 0 atom stereocenters. The van der Waals surface area contributed by atoms with Crippen LogP contribution in [0.2, 0.25) is 0 Å². The Hall–Kier alpha value is -3.16. The van der Waals surface area contributed by atoms with Gasteiger partial charge in [-0.2, -0.15) is 10.1 Å². The van der Waals surface area contributed by atoms with Crippen molar-refractivity contribution in [1.29, 1.82) is 0 Å². The minimum absolute atomic E-state index is 0.0972. The Morgan fingerprint density at radius 2 is 1.58 bits per heavy atom. The number of nitrogens with one attached hydrogen (secondary N) is 2. The van der Waals surface area contributed by atoms with Crippen molar-refractivity contribution in [3.05, 3.63) is 71.7 Å². The second-order valence-corrected chi connectivity index (χ2v) is 4.83. The highest BCUT2D eigenvalue weighted by Crippen LogP contribution is 2.22. The average Bonchev–Trinajstić information content (AvgIpc) is 2.58. The van der Waals surface area contributed by atoms with Gasteiger partial charge >= 0.3 is 0 Å². The van der Waals surface area contributed by atoms with Crippen molar-refractivity contribution in [3.8, 4) is 0 Å². The molecule has 0 spiro atoms. The normalized spacial score (nSPS) is 10.5. The van der Waals surface area contributed by atoms with E-state index in [2.05, 4.69) is 25.8 Å². The Labute approximate surface area is 135 Å². The molecule has 8 heteroatoms. The van der Waals surface area contributed by atoms with Crippen LogP contribution in [-0.2, 0) is 6.54 Å². The highest BCUT2D eigenvalue weighted by Gasteiger charge is 2.10. The highest BCUT2D eigenvalue weighted by atomic mass is 19.1. The van der Waals surface area contributed by atoms with Gasteiger partial charge in [0.2, 0.25) is 5.95 Å². The van der Waals surface area contributed by atoms with E-state index in [1.807, 2.05) is 0 Å². The lowest BCUT2D eigenvalue weighted by Gasteiger charge is -2.09. The molecule has 0 unspecified atom stereocenters. The van der Waals surface area contributed by atoms with Gasteiger partial charge in [-0.1, -0.05) is 24.3 Å². The number of nitrogens with zero attached hydrogens (tertiary/aromatic N) is 3. The first kappa shape index (κ1) is 15.7. The molecule has 3 rings (SSSR count). The van der Waals surface area contributed by atoms with Gasteiger partial charge in [0.15, 0.2) is 5.82 Å². The predicted molar refractivity (Wildman–Crippen MR) is 83.2 cm³/mol. The molecule has 5 nitrogen and oxygen atoms in total. The molecular formula is C16H12F3N5. The van der Waals surface area contributed by atoms with Gasteiger partial charge in [0, 0.05) is 12.1 Å². The molecule has 1 aromatic heterocycles. The molecule has 0 radical (unpaired) electrons. The molecule has 122 valence electrons. The molecule has 0 amide bonds. The van der Waals surface area contributed by atoms with Crippen molar-refractivity contribution in [2.75, 3.05) is 10.6 Å². The molecule has 0 fully saturated rings. The van der Waals surface area contributed by atoms with Crippen LogP contribution in [0.1, 0.15) is 5.56 Å². The SMILES string of the molecule is Fc1ccccc1CNc1nncc(Nc2c(F)cccc2F)n1. The fraction of sp³-hybridized carbons (Fsp3) is 0.0625. The molecule has 0 saturated heterocycles. The molecule has 0 bridgehead atoms. The predicted octanol–water partition coefficient (Wildman–Crippen LogP) is 3.64. The third kappa shape index (κ3) is 3.60. The minimum atomic E-state index is -0.755. The van der Waals surface area contributed by atoms with Crippen LogP contribution >= 0.6 is 0 Å². The van der Waals surface area contributed by atoms with E-state index in [1.54, 1.807) is 18.2 Å². The van der Waals surface area contributed by atoms with E-state index in [9.17, 15) is 13.2 Å². The Kier molecular flexibility index (Phi) is 4.55. The lowest BCUT2D eigenvalue weighted by atomic mass is 10.2. The summed E-state index contributed by atoms with van der Waals surface area (Å²) in [7, 11) is 0. The lowest BCUT2D eigenvalue weighted by molar-refractivity contribution is 0.590. The second kappa shape index (κ2) is 6.95. The summed E-state index contributed by atoms with van der Waals surface area (Å²) >= 11 is 0.